The number of rotatable bonds is 6. The van der Waals surface area contributed by atoms with Gasteiger partial charge in [0.1, 0.15) is 0 Å². The zero-order valence-electron chi connectivity index (χ0n) is 17.1. The van der Waals surface area contributed by atoms with E-state index in [0.717, 1.165) is 4.68 Å². The molecular formula is C21H21N3O6. The number of aryl methyl sites for hydroxylation is 2. The van der Waals surface area contributed by atoms with Crippen molar-refractivity contribution in [2.24, 2.45) is 7.05 Å². The van der Waals surface area contributed by atoms with E-state index in [1.165, 1.54) is 7.05 Å². The lowest BCUT2D eigenvalue weighted by Gasteiger charge is -2.08. The molecule has 1 aromatic carbocycles. The SMILES string of the molecule is CCOC(=O)c1c(C)[nH]c(C(=O)COC(=O)c2nn(C)c(=O)c3ccccc23)c1C. The molecule has 1 N–H and O–H groups in total. The molecule has 2 heterocycles. The minimum Gasteiger partial charge on any atom is -0.462 e. The molecule has 0 amide bonds. The molecule has 0 unspecified atom stereocenters. The highest BCUT2D eigenvalue weighted by molar-refractivity contribution is 6.05. The summed E-state index contributed by atoms with van der Waals surface area (Å²) in [6.45, 7) is 4.62. The van der Waals surface area contributed by atoms with Gasteiger partial charge in [-0.25, -0.2) is 14.3 Å². The number of ether oxygens (including phenoxy) is 2. The summed E-state index contributed by atoms with van der Waals surface area (Å²) >= 11 is 0. The molecule has 9 heteroatoms. The summed E-state index contributed by atoms with van der Waals surface area (Å²) in [4.78, 5) is 52.3. The summed E-state index contributed by atoms with van der Waals surface area (Å²) in [5.74, 6) is -1.86. The van der Waals surface area contributed by atoms with Crippen LogP contribution in [0, 0.1) is 13.8 Å². The number of carbonyl (C=O) groups is 3. The number of hydrogen-bond acceptors (Lipinski definition) is 7. The molecule has 3 aromatic rings. The summed E-state index contributed by atoms with van der Waals surface area (Å²) in [5.41, 5.74) is 0.970. The maximum absolute atomic E-state index is 12.6. The minimum absolute atomic E-state index is 0.0629. The fourth-order valence-electron chi connectivity index (χ4n) is 3.26. The van der Waals surface area contributed by atoms with E-state index >= 15 is 0 Å². The number of esters is 2. The number of hydrogen-bond donors (Lipinski definition) is 1. The fourth-order valence-corrected chi connectivity index (χ4v) is 3.26. The van der Waals surface area contributed by atoms with Crippen LogP contribution in [0.5, 0.6) is 0 Å². The maximum Gasteiger partial charge on any atom is 0.359 e. The zero-order chi connectivity index (χ0) is 22.0. The molecular weight excluding hydrogens is 390 g/mol. The van der Waals surface area contributed by atoms with Gasteiger partial charge in [-0.05, 0) is 32.4 Å². The fraction of sp³-hybridized carbons (Fsp3) is 0.286. The molecule has 0 spiro atoms. The number of H-pyrrole nitrogens is 1. The van der Waals surface area contributed by atoms with E-state index < -0.39 is 24.3 Å². The van der Waals surface area contributed by atoms with E-state index in [4.69, 9.17) is 9.47 Å². The first-order chi connectivity index (χ1) is 14.3. The molecule has 0 atom stereocenters. The molecule has 156 valence electrons. The van der Waals surface area contributed by atoms with Gasteiger partial charge in [0.25, 0.3) is 5.56 Å². The van der Waals surface area contributed by atoms with Crippen molar-refractivity contribution in [2.45, 2.75) is 20.8 Å². The average Bonchev–Trinajstić information content (AvgIpc) is 3.03. The molecule has 0 aliphatic heterocycles. The third kappa shape index (κ3) is 3.73. The van der Waals surface area contributed by atoms with Crippen molar-refractivity contribution >= 4 is 28.5 Å². The van der Waals surface area contributed by atoms with Crippen LogP contribution in [-0.2, 0) is 16.5 Å². The van der Waals surface area contributed by atoms with Gasteiger partial charge in [0.15, 0.2) is 12.3 Å². The second-order valence-corrected chi connectivity index (χ2v) is 6.67. The van der Waals surface area contributed by atoms with Gasteiger partial charge in [0, 0.05) is 18.1 Å². The molecule has 30 heavy (non-hydrogen) atoms. The Labute approximate surface area is 171 Å². The Morgan fingerprint density at radius 1 is 1.07 bits per heavy atom. The molecule has 0 fully saturated rings. The van der Waals surface area contributed by atoms with Crippen LogP contribution in [-0.4, -0.2) is 45.7 Å². The standard InChI is InChI=1S/C21H21N3O6/c1-5-29-20(27)16-11(2)17(22-12(16)3)15(25)10-30-21(28)18-13-8-6-7-9-14(13)19(26)24(4)23-18/h6-9,22H,5,10H2,1-4H3. The Morgan fingerprint density at radius 3 is 2.40 bits per heavy atom. The lowest BCUT2D eigenvalue weighted by Crippen LogP contribution is -2.24. The van der Waals surface area contributed by atoms with Crippen molar-refractivity contribution in [3.63, 3.8) is 0 Å². The predicted octanol–water partition coefficient (Wildman–Crippen LogP) is 2.09. The van der Waals surface area contributed by atoms with Gasteiger partial charge < -0.3 is 14.5 Å². The first-order valence-corrected chi connectivity index (χ1v) is 9.28. The Balaban J connectivity index is 1.83. The van der Waals surface area contributed by atoms with Crippen LogP contribution in [0.15, 0.2) is 29.1 Å². The van der Waals surface area contributed by atoms with Gasteiger partial charge in [-0.1, -0.05) is 18.2 Å². The molecule has 3 rings (SSSR count). The van der Waals surface area contributed by atoms with Gasteiger partial charge in [-0.2, -0.15) is 5.10 Å². The maximum atomic E-state index is 12.6. The number of Topliss-reactive ketones (excluding diaryl/α,β-unsaturated/α-hetero) is 1. The van der Waals surface area contributed by atoms with Gasteiger partial charge in [0.2, 0.25) is 5.78 Å². The van der Waals surface area contributed by atoms with Crippen molar-refractivity contribution < 1.29 is 23.9 Å². The van der Waals surface area contributed by atoms with Crippen LogP contribution in [0.25, 0.3) is 10.8 Å². The third-order valence-electron chi connectivity index (χ3n) is 4.68. The molecule has 0 radical (unpaired) electrons. The van der Waals surface area contributed by atoms with Crippen molar-refractivity contribution in [1.82, 2.24) is 14.8 Å². The minimum atomic E-state index is -0.832. The molecule has 0 saturated heterocycles. The number of nitrogens with zero attached hydrogens (tertiary/aromatic N) is 2. The van der Waals surface area contributed by atoms with Crippen LogP contribution in [0.4, 0.5) is 0 Å². The topological polar surface area (TPSA) is 120 Å². The first kappa shape index (κ1) is 21.0. The summed E-state index contributed by atoms with van der Waals surface area (Å²) in [5, 5.41) is 4.64. The largest absolute Gasteiger partial charge is 0.462 e. The Hall–Kier alpha value is -3.75. The summed E-state index contributed by atoms with van der Waals surface area (Å²) in [7, 11) is 1.43. The van der Waals surface area contributed by atoms with Gasteiger partial charge >= 0.3 is 11.9 Å². The second kappa shape index (κ2) is 8.32. The van der Waals surface area contributed by atoms with Crippen molar-refractivity contribution in [3.8, 4) is 0 Å². The number of nitrogens with one attached hydrogen (secondary N) is 1. The lowest BCUT2D eigenvalue weighted by atomic mass is 10.1. The highest BCUT2D eigenvalue weighted by Crippen LogP contribution is 2.20. The highest BCUT2D eigenvalue weighted by atomic mass is 16.5. The highest BCUT2D eigenvalue weighted by Gasteiger charge is 2.24. The van der Waals surface area contributed by atoms with Gasteiger partial charge in [0.05, 0.1) is 23.3 Å². The van der Waals surface area contributed by atoms with Crippen LogP contribution in [0.2, 0.25) is 0 Å². The van der Waals surface area contributed by atoms with Crippen molar-refractivity contribution in [2.75, 3.05) is 13.2 Å². The zero-order valence-corrected chi connectivity index (χ0v) is 17.1. The molecule has 0 aliphatic carbocycles. The molecule has 0 bridgehead atoms. The normalized spacial score (nSPS) is 10.8. The number of fused-ring (bicyclic) bond motifs is 1. The van der Waals surface area contributed by atoms with E-state index in [-0.39, 0.29) is 29.1 Å². The van der Waals surface area contributed by atoms with Crippen molar-refractivity contribution in [1.29, 1.82) is 0 Å². The lowest BCUT2D eigenvalue weighted by molar-refractivity contribution is 0.0466. The quantitative estimate of drug-likeness (QED) is 0.487. The summed E-state index contributed by atoms with van der Waals surface area (Å²) < 4.78 is 11.2. The van der Waals surface area contributed by atoms with Gasteiger partial charge in [-0.15, -0.1) is 0 Å². The molecule has 9 nitrogen and oxygen atoms in total. The van der Waals surface area contributed by atoms with Crippen LogP contribution < -0.4 is 5.56 Å². The molecule has 2 aromatic heterocycles. The number of aromatic nitrogens is 3. The van der Waals surface area contributed by atoms with E-state index in [1.807, 2.05) is 0 Å². The summed E-state index contributed by atoms with van der Waals surface area (Å²) in [6.07, 6.45) is 0. The van der Waals surface area contributed by atoms with Crippen LogP contribution in [0.3, 0.4) is 0 Å². The smallest absolute Gasteiger partial charge is 0.359 e. The Kier molecular flexibility index (Phi) is 5.81. The first-order valence-electron chi connectivity index (χ1n) is 9.28. The van der Waals surface area contributed by atoms with Crippen LogP contribution in [0.1, 0.15) is 49.5 Å². The van der Waals surface area contributed by atoms with Crippen LogP contribution >= 0.6 is 0 Å². The predicted molar refractivity (Wildman–Crippen MR) is 108 cm³/mol. The number of aromatic amines is 1. The molecule has 0 aliphatic rings. The number of benzene rings is 1. The Morgan fingerprint density at radius 2 is 1.73 bits per heavy atom. The van der Waals surface area contributed by atoms with Crippen molar-refractivity contribution in [3.05, 3.63) is 62.8 Å². The third-order valence-corrected chi connectivity index (χ3v) is 4.68. The van der Waals surface area contributed by atoms with E-state index in [1.54, 1.807) is 45.0 Å². The van der Waals surface area contributed by atoms with E-state index in [9.17, 15) is 19.2 Å². The van der Waals surface area contributed by atoms with Gasteiger partial charge in [-0.3, -0.25) is 9.59 Å². The number of carbonyl (C=O) groups excluding carboxylic acids is 3. The monoisotopic (exact) mass is 411 g/mol. The molecule has 0 saturated carbocycles. The summed E-state index contributed by atoms with van der Waals surface area (Å²) in [6, 6.07) is 6.53. The van der Waals surface area contributed by atoms with E-state index in [2.05, 4.69) is 10.1 Å². The Bertz CT molecular complexity index is 1220. The number of ketones is 1. The average molecular weight is 411 g/mol. The second-order valence-electron chi connectivity index (χ2n) is 6.67. The van der Waals surface area contributed by atoms with E-state index in [0.29, 0.717) is 22.0 Å².